The molecule has 1 aromatic heterocycles. The highest BCUT2D eigenvalue weighted by atomic mass is 19.1. The van der Waals surface area contributed by atoms with Crippen molar-refractivity contribution >= 4 is 30.2 Å². The molecule has 0 aliphatic carbocycles. The molecule has 0 saturated heterocycles. The number of benzene rings is 2. The standard InChI is InChI=1S/C31H35F2N5O3/c1-6-8-15-37(21(4)17-35-18-39)30(34-5)23-16-25(33)28(27-24(32)13-10-14-26(27)41)36-31(23)38(19-40)29-20(3)11-9-12-22(29)7-2/h6,9-14,16,18-19,21,41H,1,7-8,15,17H2,2-5H3,(H,35,39)/b34-30+. The van der Waals surface area contributed by atoms with Gasteiger partial charge in [-0.1, -0.05) is 37.3 Å². The summed E-state index contributed by atoms with van der Waals surface area (Å²) in [5.74, 6) is -1.98. The topological polar surface area (TPSA) is 98.1 Å². The molecule has 1 unspecified atom stereocenters. The molecule has 1 heterocycles. The number of amides is 2. The highest BCUT2D eigenvalue weighted by Crippen LogP contribution is 2.38. The molecule has 0 fully saturated rings. The molecule has 1 atom stereocenters. The summed E-state index contributed by atoms with van der Waals surface area (Å²) in [6, 6.07) is 10.1. The number of aryl methyl sites for hydroxylation is 2. The van der Waals surface area contributed by atoms with Gasteiger partial charge < -0.3 is 15.3 Å². The Balaban J connectivity index is 2.40. The van der Waals surface area contributed by atoms with Gasteiger partial charge in [0.2, 0.25) is 12.8 Å². The van der Waals surface area contributed by atoms with Crippen molar-refractivity contribution < 1.29 is 23.5 Å². The van der Waals surface area contributed by atoms with Crippen molar-refractivity contribution in [3.05, 3.63) is 83.4 Å². The third kappa shape index (κ3) is 6.59. The number of aliphatic imine (C=N–C) groups is 1. The van der Waals surface area contributed by atoms with E-state index in [1.54, 1.807) is 6.08 Å². The second-order valence-electron chi connectivity index (χ2n) is 9.43. The van der Waals surface area contributed by atoms with E-state index in [2.05, 4.69) is 21.9 Å². The number of phenolic OH excluding ortho intramolecular Hbond substituents is 1. The van der Waals surface area contributed by atoms with Crippen LogP contribution in [-0.2, 0) is 16.0 Å². The van der Waals surface area contributed by atoms with Crippen LogP contribution >= 0.6 is 0 Å². The molecule has 0 aliphatic heterocycles. The van der Waals surface area contributed by atoms with Gasteiger partial charge in [0.15, 0.2) is 11.6 Å². The molecule has 216 valence electrons. The highest BCUT2D eigenvalue weighted by molar-refractivity contribution is 6.06. The number of anilines is 2. The Morgan fingerprint density at radius 2 is 1.93 bits per heavy atom. The van der Waals surface area contributed by atoms with E-state index in [0.717, 1.165) is 23.3 Å². The number of carbonyl (C=O) groups is 2. The van der Waals surface area contributed by atoms with Crippen molar-refractivity contribution in [3.63, 3.8) is 0 Å². The Morgan fingerprint density at radius 1 is 1.20 bits per heavy atom. The van der Waals surface area contributed by atoms with Crippen LogP contribution in [0, 0.1) is 18.6 Å². The average molecular weight is 564 g/mol. The number of para-hydroxylation sites is 1. The van der Waals surface area contributed by atoms with E-state index in [0.29, 0.717) is 43.7 Å². The average Bonchev–Trinajstić information content (AvgIpc) is 2.96. The zero-order chi connectivity index (χ0) is 30.1. The molecule has 0 spiro atoms. The van der Waals surface area contributed by atoms with E-state index in [1.165, 1.54) is 24.1 Å². The second kappa shape index (κ2) is 14.2. The number of nitrogens with zero attached hydrogens (tertiary/aromatic N) is 4. The lowest BCUT2D eigenvalue weighted by Crippen LogP contribution is -2.45. The molecule has 41 heavy (non-hydrogen) atoms. The summed E-state index contributed by atoms with van der Waals surface area (Å²) in [5, 5.41) is 13.1. The fraction of sp³-hybridized carbons (Fsp3) is 0.290. The predicted octanol–water partition coefficient (Wildman–Crippen LogP) is 5.29. The molecule has 2 N–H and O–H groups in total. The number of carbonyl (C=O) groups excluding carboxylic acids is 2. The van der Waals surface area contributed by atoms with Crippen LogP contribution in [-0.4, -0.2) is 59.8 Å². The summed E-state index contributed by atoms with van der Waals surface area (Å²) in [6.45, 7) is 10.1. The van der Waals surface area contributed by atoms with Crippen molar-refractivity contribution in [1.82, 2.24) is 15.2 Å². The van der Waals surface area contributed by atoms with Crippen LogP contribution in [0.2, 0.25) is 0 Å². The van der Waals surface area contributed by atoms with Crippen LogP contribution in [0.3, 0.4) is 0 Å². The Labute approximate surface area is 239 Å². The maximum Gasteiger partial charge on any atom is 0.219 e. The Hall–Kier alpha value is -4.60. The molecule has 3 aromatic rings. The predicted molar refractivity (Wildman–Crippen MR) is 158 cm³/mol. The minimum atomic E-state index is -0.918. The molecular weight excluding hydrogens is 528 g/mol. The normalized spacial score (nSPS) is 12.0. The molecule has 2 aromatic carbocycles. The molecule has 8 nitrogen and oxygen atoms in total. The van der Waals surface area contributed by atoms with E-state index < -0.39 is 28.6 Å². The van der Waals surface area contributed by atoms with Crippen molar-refractivity contribution in [2.75, 3.05) is 25.0 Å². The molecule has 0 bridgehead atoms. The smallest absolute Gasteiger partial charge is 0.219 e. The lowest BCUT2D eigenvalue weighted by molar-refractivity contribution is -0.109. The van der Waals surface area contributed by atoms with Crippen LogP contribution in [0.4, 0.5) is 20.3 Å². The zero-order valence-electron chi connectivity index (χ0n) is 23.7. The van der Waals surface area contributed by atoms with Gasteiger partial charge in [0, 0.05) is 26.2 Å². The number of phenols is 1. The number of rotatable bonds is 13. The molecule has 3 rings (SSSR count). The van der Waals surface area contributed by atoms with E-state index >= 15 is 4.39 Å². The van der Waals surface area contributed by atoms with Gasteiger partial charge >= 0.3 is 0 Å². The van der Waals surface area contributed by atoms with Gasteiger partial charge in [0.25, 0.3) is 0 Å². The first-order chi connectivity index (χ1) is 19.7. The lowest BCUT2D eigenvalue weighted by atomic mass is 10.0. The van der Waals surface area contributed by atoms with Gasteiger partial charge in [-0.2, -0.15) is 0 Å². The minimum Gasteiger partial charge on any atom is -0.507 e. The second-order valence-corrected chi connectivity index (χ2v) is 9.43. The number of pyridine rings is 1. The molecule has 0 radical (unpaired) electrons. The largest absolute Gasteiger partial charge is 0.507 e. The van der Waals surface area contributed by atoms with Crippen LogP contribution < -0.4 is 10.2 Å². The van der Waals surface area contributed by atoms with Gasteiger partial charge in [0.1, 0.15) is 23.1 Å². The summed E-state index contributed by atoms with van der Waals surface area (Å²) < 4.78 is 30.8. The van der Waals surface area contributed by atoms with Gasteiger partial charge in [-0.05, 0) is 56.0 Å². The summed E-state index contributed by atoms with van der Waals surface area (Å²) in [5.41, 5.74) is 1.45. The van der Waals surface area contributed by atoms with Gasteiger partial charge in [-0.3, -0.25) is 19.5 Å². The quantitative estimate of drug-likeness (QED) is 0.128. The van der Waals surface area contributed by atoms with Crippen LogP contribution in [0.15, 0.2) is 60.1 Å². The van der Waals surface area contributed by atoms with Crippen molar-refractivity contribution in [3.8, 4) is 17.0 Å². The third-order valence-corrected chi connectivity index (χ3v) is 6.79. The Kier molecular flexibility index (Phi) is 10.7. The van der Waals surface area contributed by atoms with Gasteiger partial charge in [-0.15, -0.1) is 6.58 Å². The maximum atomic E-state index is 15.9. The van der Waals surface area contributed by atoms with E-state index in [1.807, 2.05) is 43.9 Å². The summed E-state index contributed by atoms with van der Waals surface area (Å²) in [7, 11) is 1.53. The van der Waals surface area contributed by atoms with E-state index in [4.69, 9.17) is 0 Å². The Bertz CT molecular complexity index is 1420. The molecule has 2 amide bonds. The molecule has 0 aliphatic rings. The monoisotopic (exact) mass is 563 g/mol. The third-order valence-electron chi connectivity index (χ3n) is 6.79. The Morgan fingerprint density at radius 3 is 2.54 bits per heavy atom. The van der Waals surface area contributed by atoms with Gasteiger partial charge in [-0.25, -0.2) is 13.8 Å². The van der Waals surface area contributed by atoms with E-state index in [-0.39, 0.29) is 24.0 Å². The molecular formula is C31H35F2N5O3. The van der Waals surface area contributed by atoms with Crippen LogP contribution in [0.5, 0.6) is 5.75 Å². The summed E-state index contributed by atoms with van der Waals surface area (Å²) in [4.78, 5) is 36.0. The lowest BCUT2D eigenvalue weighted by Gasteiger charge is -2.34. The fourth-order valence-electron chi connectivity index (χ4n) is 4.81. The van der Waals surface area contributed by atoms with Gasteiger partial charge in [0.05, 0.1) is 16.8 Å². The maximum absolute atomic E-state index is 15.9. The first-order valence-corrected chi connectivity index (χ1v) is 13.3. The SMILES string of the molecule is C=CCCN(/C(=N/C)c1cc(F)c(-c2c(O)cccc2F)nc1N(C=O)c1c(C)cccc1CC)C(C)CNC=O. The van der Waals surface area contributed by atoms with Crippen molar-refractivity contribution in [2.24, 2.45) is 4.99 Å². The fourth-order valence-corrected chi connectivity index (χ4v) is 4.81. The zero-order valence-corrected chi connectivity index (χ0v) is 23.7. The number of halogens is 2. The number of aromatic hydroxyl groups is 1. The number of hydrogen-bond acceptors (Lipinski definition) is 5. The number of amidine groups is 1. The summed E-state index contributed by atoms with van der Waals surface area (Å²) in [6.07, 6.45) is 4.03. The number of hydrogen-bond donors (Lipinski definition) is 2. The van der Waals surface area contributed by atoms with Crippen molar-refractivity contribution in [1.29, 1.82) is 0 Å². The van der Waals surface area contributed by atoms with Crippen LogP contribution in [0.25, 0.3) is 11.3 Å². The minimum absolute atomic E-state index is 0.00260. The van der Waals surface area contributed by atoms with Crippen molar-refractivity contribution in [2.45, 2.75) is 39.7 Å². The number of aromatic nitrogens is 1. The number of nitrogens with one attached hydrogen (secondary N) is 1. The summed E-state index contributed by atoms with van der Waals surface area (Å²) >= 11 is 0. The van der Waals surface area contributed by atoms with Crippen LogP contribution in [0.1, 0.15) is 37.0 Å². The first kappa shape index (κ1) is 30.9. The first-order valence-electron chi connectivity index (χ1n) is 13.3. The highest BCUT2D eigenvalue weighted by Gasteiger charge is 2.29. The molecule has 10 heteroatoms. The van der Waals surface area contributed by atoms with E-state index in [9.17, 15) is 19.1 Å². The molecule has 0 saturated carbocycles.